The van der Waals surface area contributed by atoms with Gasteiger partial charge in [0.1, 0.15) is 5.75 Å². The van der Waals surface area contributed by atoms with Crippen LogP contribution >= 0.6 is 0 Å². The quantitative estimate of drug-likeness (QED) is 0.859. The van der Waals surface area contributed by atoms with Gasteiger partial charge in [-0.05, 0) is 66.0 Å². The van der Waals surface area contributed by atoms with E-state index in [2.05, 4.69) is 18.2 Å². The van der Waals surface area contributed by atoms with Gasteiger partial charge in [-0.2, -0.15) is 0 Å². The van der Waals surface area contributed by atoms with Crippen molar-refractivity contribution in [3.05, 3.63) is 47.2 Å². The predicted molar refractivity (Wildman–Crippen MR) is 84.7 cm³/mol. The number of aliphatic hydroxyl groups is 1. The van der Waals surface area contributed by atoms with Crippen molar-refractivity contribution >= 4 is 11.4 Å². The number of hydrogen-bond donors (Lipinski definition) is 1. The van der Waals surface area contributed by atoms with Crippen molar-refractivity contribution < 1.29 is 14.6 Å². The third kappa shape index (κ3) is 1.59. The number of ether oxygens (including phenoxy) is 1. The fourth-order valence-corrected chi connectivity index (χ4v) is 4.57. The minimum absolute atomic E-state index is 0.0392. The predicted octanol–water partition coefficient (Wildman–Crippen LogP) is 3.69. The Labute approximate surface area is 130 Å². The molecule has 0 radical (unpaired) electrons. The van der Waals surface area contributed by atoms with E-state index in [0.29, 0.717) is 0 Å². The summed E-state index contributed by atoms with van der Waals surface area (Å²) in [5.74, 6) is 1.09. The van der Waals surface area contributed by atoms with Gasteiger partial charge >= 0.3 is 0 Å². The highest BCUT2D eigenvalue weighted by atomic mass is 16.5. The lowest BCUT2D eigenvalue weighted by Gasteiger charge is -2.45. The van der Waals surface area contributed by atoms with Crippen molar-refractivity contribution in [2.24, 2.45) is 17.3 Å². The number of aryl methyl sites for hydroxylation is 1. The van der Waals surface area contributed by atoms with E-state index in [9.17, 15) is 9.90 Å². The van der Waals surface area contributed by atoms with Crippen LogP contribution in [0, 0.1) is 17.3 Å². The van der Waals surface area contributed by atoms with Gasteiger partial charge in [0, 0.05) is 5.41 Å². The van der Waals surface area contributed by atoms with Crippen LogP contribution in [0.15, 0.2) is 36.1 Å². The van der Waals surface area contributed by atoms with Crippen LogP contribution in [0.25, 0.3) is 5.57 Å². The van der Waals surface area contributed by atoms with Gasteiger partial charge in [-0.15, -0.1) is 0 Å². The lowest BCUT2D eigenvalue weighted by molar-refractivity contribution is -0.129. The van der Waals surface area contributed by atoms with Gasteiger partial charge in [0.25, 0.3) is 0 Å². The van der Waals surface area contributed by atoms with Crippen LogP contribution in [0.3, 0.4) is 0 Å². The fraction of sp³-hybridized carbons (Fsp3) is 0.421. The van der Waals surface area contributed by atoms with E-state index in [0.717, 1.165) is 25.0 Å². The van der Waals surface area contributed by atoms with Crippen molar-refractivity contribution in [1.29, 1.82) is 0 Å². The Morgan fingerprint density at radius 3 is 2.95 bits per heavy atom. The molecule has 0 spiro atoms. The Hall–Kier alpha value is -2.03. The summed E-state index contributed by atoms with van der Waals surface area (Å²) in [7, 11) is 1.69. The third-order valence-corrected chi connectivity index (χ3v) is 5.87. The van der Waals surface area contributed by atoms with Gasteiger partial charge in [-0.3, -0.25) is 4.79 Å². The molecule has 1 N–H and O–H groups in total. The Bertz CT molecular complexity index is 728. The molecule has 0 bridgehead atoms. The molecule has 3 aliphatic carbocycles. The van der Waals surface area contributed by atoms with Gasteiger partial charge < -0.3 is 9.84 Å². The third-order valence-electron chi connectivity index (χ3n) is 5.87. The van der Waals surface area contributed by atoms with Crippen molar-refractivity contribution in [3.8, 4) is 5.75 Å². The normalized spacial score (nSPS) is 32.5. The molecular weight excluding hydrogens is 276 g/mol. The molecule has 3 heteroatoms. The summed E-state index contributed by atoms with van der Waals surface area (Å²) in [6, 6.07) is 6.21. The minimum Gasteiger partial charge on any atom is -0.505 e. The Kier molecular flexibility index (Phi) is 2.77. The smallest absolute Gasteiger partial charge is 0.203 e. The molecule has 0 fully saturated rings. The Balaban J connectivity index is 1.80. The first kappa shape index (κ1) is 13.6. The van der Waals surface area contributed by atoms with E-state index in [4.69, 9.17) is 4.74 Å². The van der Waals surface area contributed by atoms with Crippen LogP contribution in [0.2, 0.25) is 0 Å². The van der Waals surface area contributed by atoms with Crippen molar-refractivity contribution in [2.75, 3.05) is 7.11 Å². The molecule has 0 saturated heterocycles. The summed E-state index contributed by atoms with van der Waals surface area (Å²) in [6.07, 6.45) is 6.75. The number of benzene rings is 1. The van der Waals surface area contributed by atoms with E-state index < -0.39 is 5.41 Å². The van der Waals surface area contributed by atoms with Crippen LogP contribution < -0.4 is 4.74 Å². The van der Waals surface area contributed by atoms with E-state index in [1.807, 2.05) is 13.0 Å². The number of Topliss-reactive ketones (excluding diaryl/α,β-unsaturated/α-hetero) is 1. The zero-order chi connectivity index (χ0) is 15.5. The standard InChI is InChI=1S/C19H20O3/c1-19-12(10-17(20)18(19)21)4-6-15-14-7-5-13(22-2)9-11(14)3-8-16(15)19/h5-7,9-10,12,16,20H,3-4,8H2,1-2H3/t12-,16-,19+/m0/s1. The number of carbonyl (C=O) groups is 1. The first-order chi connectivity index (χ1) is 10.6. The van der Waals surface area contributed by atoms with Crippen LogP contribution in [0.4, 0.5) is 0 Å². The average Bonchev–Trinajstić information content (AvgIpc) is 2.77. The monoisotopic (exact) mass is 296 g/mol. The SMILES string of the molecule is COc1ccc2c(c1)CC[C@H]1C2=CC[C@H]2C=C(O)C(=O)[C@]21C. The molecule has 0 heterocycles. The number of allylic oxidation sites excluding steroid dienone is 4. The molecule has 22 heavy (non-hydrogen) atoms. The first-order valence-electron chi connectivity index (χ1n) is 7.88. The van der Waals surface area contributed by atoms with Gasteiger partial charge in [0.15, 0.2) is 5.76 Å². The van der Waals surface area contributed by atoms with Crippen LogP contribution in [0.5, 0.6) is 5.75 Å². The molecule has 114 valence electrons. The molecule has 0 amide bonds. The van der Waals surface area contributed by atoms with E-state index >= 15 is 0 Å². The first-order valence-corrected chi connectivity index (χ1v) is 7.88. The summed E-state index contributed by atoms with van der Waals surface area (Å²) in [6.45, 7) is 2.03. The summed E-state index contributed by atoms with van der Waals surface area (Å²) >= 11 is 0. The zero-order valence-corrected chi connectivity index (χ0v) is 12.9. The van der Waals surface area contributed by atoms with Gasteiger partial charge in [0.05, 0.1) is 7.11 Å². The highest BCUT2D eigenvalue weighted by Gasteiger charge is 2.55. The maximum absolute atomic E-state index is 12.6. The largest absolute Gasteiger partial charge is 0.505 e. The van der Waals surface area contributed by atoms with Gasteiger partial charge in [-0.1, -0.05) is 19.1 Å². The highest BCUT2D eigenvalue weighted by Crippen LogP contribution is 2.57. The maximum atomic E-state index is 12.6. The molecule has 0 saturated carbocycles. The second kappa shape index (κ2) is 4.48. The molecule has 1 aromatic rings. The molecule has 1 aromatic carbocycles. The summed E-state index contributed by atoms with van der Waals surface area (Å²) < 4.78 is 5.32. The summed E-state index contributed by atoms with van der Waals surface area (Å²) in [5, 5.41) is 9.92. The minimum atomic E-state index is -0.480. The molecule has 4 rings (SSSR count). The number of aliphatic hydroxyl groups excluding tert-OH is 1. The van der Waals surface area contributed by atoms with Crippen molar-refractivity contribution in [3.63, 3.8) is 0 Å². The molecule has 0 aliphatic heterocycles. The molecule has 0 unspecified atom stereocenters. The average molecular weight is 296 g/mol. The number of methoxy groups -OCH3 is 1. The fourth-order valence-electron chi connectivity index (χ4n) is 4.57. The number of rotatable bonds is 1. The van der Waals surface area contributed by atoms with Crippen LogP contribution in [-0.4, -0.2) is 18.0 Å². The molecule has 3 nitrogen and oxygen atoms in total. The van der Waals surface area contributed by atoms with Gasteiger partial charge in [-0.25, -0.2) is 0 Å². The lowest BCUT2D eigenvalue weighted by atomic mass is 9.57. The van der Waals surface area contributed by atoms with E-state index in [-0.39, 0.29) is 23.4 Å². The topological polar surface area (TPSA) is 46.5 Å². The molecule has 3 atom stereocenters. The van der Waals surface area contributed by atoms with Crippen LogP contribution in [0.1, 0.15) is 30.9 Å². The Morgan fingerprint density at radius 2 is 2.18 bits per heavy atom. The molecular formula is C19H20O3. The van der Waals surface area contributed by atoms with Crippen molar-refractivity contribution in [2.45, 2.75) is 26.2 Å². The van der Waals surface area contributed by atoms with E-state index in [1.165, 1.54) is 16.7 Å². The number of fused-ring (bicyclic) bond motifs is 5. The van der Waals surface area contributed by atoms with E-state index in [1.54, 1.807) is 13.2 Å². The molecule has 0 aromatic heterocycles. The second-order valence-electron chi connectivity index (χ2n) is 6.78. The summed E-state index contributed by atoms with van der Waals surface area (Å²) in [4.78, 5) is 12.6. The number of carbonyl (C=O) groups excluding carboxylic acids is 1. The van der Waals surface area contributed by atoms with Crippen LogP contribution in [-0.2, 0) is 11.2 Å². The maximum Gasteiger partial charge on any atom is 0.203 e. The number of ketones is 1. The summed E-state index contributed by atoms with van der Waals surface area (Å²) in [5.41, 5.74) is 3.34. The number of hydrogen-bond acceptors (Lipinski definition) is 3. The Morgan fingerprint density at radius 1 is 1.36 bits per heavy atom. The van der Waals surface area contributed by atoms with Gasteiger partial charge in [0.2, 0.25) is 5.78 Å². The lowest BCUT2D eigenvalue weighted by Crippen LogP contribution is -2.42. The second-order valence-corrected chi connectivity index (χ2v) is 6.78. The molecule has 3 aliphatic rings. The highest BCUT2D eigenvalue weighted by molar-refractivity contribution is 6.02. The zero-order valence-electron chi connectivity index (χ0n) is 12.9. The van der Waals surface area contributed by atoms with Crippen molar-refractivity contribution in [1.82, 2.24) is 0 Å².